The third-order valence-electron chi connectivity index (χ3n) is 5.26. The number of carbonyl (C=O) groups excluding carboxylic acids is 2. The quantitative estimate of drug-likeness (QED) is 0.893. The summed E-state index contributed by atoms with van der Waals surface area (Å²) in [5.41, 5.74) is 1.20. The number of hydrogen-bond donors (Lipinski definition) is 1. The molecule has 0 atom stereocenters. The minimum Gasteiger partial charge on any atom is -0.441 e. The van der Waals surface area contributed by atoms with Crippen LogP contribution in [0.15, 0.2) is 18.2 Å². The predicted molar refractivity (Wildman–Crippen MR) is 97.1 cm³/mol. The summed E-state index contributed by atoms with van der Waals surface area (Å²) in [7, 11) is 0. The second-order valence-electron chi connectivity index (χ2n) is 6.97. The third kappa shape index (κ3) is 3.11. The first kappa shape index (κ1) is 17.1. The molecule has 2 fully saturated rings. The minimum atomic E-state index is -0.431. The number of likely N-dealkylation sites (tertiary alicyclic amines) is 1. The molecule has 7 nitrogen and oxygen atoms in total. The smallest absolute Gasteiger partial charge is 0.410 e. The van der Waals surface area contributed by atoms with Gasteiger partial charge in [-0.15, -0.1) is 0 Å². The molecule has 1 spiro atoms. The van der Waals surface area contributed by atoms with E-state index in [0.29, 0.717) is 49.9 Å². The molecule has 1 aromatic heterocycles. The van der Waals surface area contributed by atoms with Gasteiger partial charge in [-0.25, -0.2) is 9.78 Å². The van der Waals surface area contributed by atoms with E-state index >= 15 is 0 Å². The lowest BCUT2D eigenvalue weighted by molar-refractivity contribution is -0.133. The highest BCUT2D eigenvalue weighted by Crippen LogP contribution is 2.33. The number of H-pyrrole nitrogens is 1. The van der Waals surface area contributed by atoms with Crippen molar-refractivity contribution in [3.05, 3.63) is 29.0 Å². The molecule has 0 aliphatic carbocycles. The van der Waals surface area contributed by atoms with Crippen molar-refractivity contribution >= 4 is 34.6 Å². The van der Waals surface area contributed by atoms with Gasteiger partial charge in [-0.3, -0.25) is 4.79 Å². The lowest BCUT2D eigenvalue weighted by Gasteiger charge is -2.37. The van der Waals surface area contributed by atoms with Crippen molar-refractivity contribution in [2.75, 3.05) is 26.2 Å². The van der Waals surface area contributed by atoms with Gasteiger partial charge in [-0.2, -0.15) is 0 Å². The standard InChI is InChI=1S/C18H21ClN4O3/c1-2-22-11-18(26-17(22)25)5-7-23(8-6-18)16(24)10-15-20-13-4-3-12(19)9-14(13)21-15/h3-4,9H,2,5-8,10-11H2,1H3,(H,20,21). The number of likely N-dealkylation sites (N-methyl/N-ethyl adjacent to an activating group) is 1. The number of hydrogen-bond acceptors (Lipinski definition) is 4. The minimum absolute atomic E-state index is 0.0293. The van der Waals surface area contributed by atoms with Crippen molar-refractivity contribution in [2.24, 2.45) is 0 Å². The molecule has 2 aliphatic heterocycles. The van der Waals surface area contributed by atoms with Crippen LogP contribution in [0.1, 0.15) is 25.6 Å². The Hall–Kier alpha value is -2.28. The predicted octanol–water partition coefficient (Wildman–Crippen LogP) is 2.59. The molecule has 0 bridgehead atoms. The molecule has 3 heterocycles. The lowest BCUT2D eigenvalue weighted by atomic mass is 9.91. The van der Waals surface area contributed by atoms with E-state index in [1.54, 1.807) is 17.0 Å². The maximum Gasteiger partial charge on any atom is 0.410 e. The molecule has 138 valence electrons. The zero-order chi connectivity index (χ0) is 18.3. The average Bonchev–Trinajstić information content (AvgIpc) is 3.15. The van der Waals surface area contributed by atoms with Crippen LogP contribution in [0.5, 0.6) is 0 Å². The number of piperidine rings is 1. The summed E-state index contributed by atoms with van der Waals surface area (Å²) < 4.78 is 5.61. The van der Waals surface area contributed by atoms with Crippen LogP contribution in [0, 0.1) is 0 Å². The SMILES string of the molecule is CCN1CC2(CCN(C(=O)Cc3nc4ccc(Cl)cc4[nH]3)CC2)OC1=O. The van der Waals surface area contributed by atoms with E-state index in [1.165, 1.54) is 0 Å². The summed E-state index contributed by atoms with van der Waals surface area (Å²) >= 11 is 5.98. The van der Waals surface area contributed by atoms with E-state index in [9.17, 15) is 9.59 Å². The van der Waals surface area contributed by atoms with Gasteiger partial charge in [0.15, 0.2) is 0 Å². The number of aromatic amines is 1. The first-order valence-electron chi connectivity index (χ1n) is 8.88. The summed E-state index contributed by atoms with van der Waals surface area (Å²) in [6.45, 7) is 4.40. The normalized spacial score (nSPS) is 19.4. The highest BCUT2D eigenvalue weighted by Gasteiger charge is 2.46. The molecule has 2 saturated heterocycles. The molecular formula is C18H21ClN4O3. The number of benzene rings is 1. The van der Waals surface area contributed by atoms with Gasteiger partial charge >= 0.3 is 6.09 Å². The molecule has 8 heteroatoms. The Labute approximate surface area is 156 Å². The van der Waals surface area contributed by atoms with Crippen molar-refractivity contribution in [1.82, 2.24) is 19.8 Å². The van der Waals surface area contributed by atoms with E-state index in [-0.39, 0.29) is 18.4 Å². The molecule has 1 N–H and O–H groups in total. The maximum atomic E-state index is 12.6. The van der Waals surface area contributed by atoms with Crippen molar-refractivity contribution < 1.29 is 14.3 Å². The summed E-state index contributed by atoms with van der Waals surface area (Å²) in [5.74, 6) is 0.665. The fourth-order valence-electron chi connectivity index (χ4n) is 3.73. The van der Waals surface area contributed by atoms with Crippen LogP contribution in [0.4, 0.5) is 4.79 Å². The first-order valence-corrected chi connectivity index (χ1v) is 9.26. The van der Waals surface area contributed by atoms with Crippen LogP contribution in [-0.4, -0.2) is 63.5 Å². The maximum absolute atomic E-state index is 12.6. The molecule has 2 aliphatic rings. The Bertz CT molecular complexity index is 857. The van der Waals surface area contributed by atoms with Crippen molar-refractivity contribution in [3.63, 3.8) is 0 Å². The number of nitrogens with one attached hydrogen (secondary N) is 1. The molecule has 26 heavy (non-hydrogen) atoms. The van der Waals surface area contributed by atoms with Crippen LogP contribution in [0.3, 0.4) is 0 Å². The van der Waals surface area contributed by atoms with Gasteiger partial charge in [0.2, 0.25) is 5.91 Å². The van der Waals surface area contributed by atoms with Gasteiger partial charge in [0.05, 0.1) is 24.0 Å². The number of ether oxygens (including phenoxy) is 1. The highest BCUT2D eigenvalue weighted by atomic mass is 35.5. The number of halogens is 1. The van der Waals surface area contributed by atoms with Gasteiger partial charge in [-0.05, 0) is 25.1 Å². The van der Waals surface area contributed by atoms with Gasteiger partial charge in [0.25, 0.3) is 0 Å². The Balaban J connectivity index is 1.38. The number of rotatable bonds is 3. The van der Waals surface area contributed by atoms with E-state index in [4.69, 9.17) is 16.3 Å². The van der Waals surface area contributed by atoms with Crippen LogP contribution in [0.2, 0.25) is 5.02 Å². The summed E-state index contributed by atoms with van der Waals surface area (Å²) in [4.78, 5) is 35.6. The van der Waals surface area contributed by atoms with Crippen LogP contribution in [0.25, 0.3) is 11.0 Å². The Kier molecular flexibility index (Phi) is 4.26. The monoisotopic (exact) mass is 376 g/mol. The second-order valence-corrected chi connectivity index (χ2v) is 7.40. The fraction of sp³-hybridized carbons (Fsp3) is 0.500. The topological polar surface area (TPSA) is 78.5 Å². The number of imidazole rings is 1. The van der Waals surface area contributed by atoms with E-state index < -0.39 is 5.60 Å². The molecular weight excluding hydrogens is 356 g/mol. The molecule has 0 radical (unpaired) electrons. The summed E-state index contributed by atoms with van der Waals surface area (Å²) in [6, 6.07) is 5.42. The van der Waals surface area contributed by atoms with Gasteiger partial charge < -0.3 is 19.5 Å². The Morgan fingerprint density at radius 3 is 2.85 bits per heavy atom. The van der Waals surface area contributed by atoms with Gasteiger partial charge in [0, 0.05) is 37.5 Å². The summed E-state index contributed by atoms with van der Waals surface area (Å²) in [6.07, 6.45) is 1.33. The first-order chi connectivity index (χ1) is 12.5. The van der Waals surface area contributed by atoms with Crippen LogP contribution < -0.4 is 0 Å². The lowest BCUT2D eigenvalue weighted by Crippen LogP contribution is -2.49. The van der Waals surface area contributed by atoms with Gasteiger partial charge in [-0.1, -0.05) is 11.6 Å². The molecule has 2 aromatic rings. The second kappa shape index (κ2) is 6.46. The number of fused-ring (bicyclic) bond motifs is 1. The number of aromatic nitrogens is 2. The van der Waals surface area contributed by atoms with Crippen molar-refractivity contribution in [3.8, 4) is 0 Å². The van der Waals surface area contributed by atoms with E-state index in [1.807, 2.05) is 17.9 Å². The molecule has 0 unspecified atom stereocenters. The number of carbonyl (C=O) groups is 2. The Morgan fingerprint density at radius 2 is 2.15 bits per heavy atom. The van der Waals surface area contributed by atoms with Crippen molar-refractivity contribution in [1.29, 1.82) is 0 Å². The zero-order valence-corrected chi connectivity index (χ0v) is 15.4. The third-order valence-corrected chi connectivity index (χ3v) is 5.50. The van der Waals surface area contributed by atoms with E-state index in [2.05, 4.69) is 9.97 Å². The van der Waals surface area contributed by atoms with E-state index in [0.717, 1.165) is 11.0 Å². The number of nitrogens with zero attached hydrogens (tertiary/aromatic N) is 3. The fourth-order valence-corrected chi connectivity index (χ4v) is 3.90. The molecule has 0 saturated carbocycles. The van der Waals surface area contributed by atoms with Gasteiger partial charge in [0.1, 0.15) is 11.4 Å². The highest BCUT2D eigenvalue weighted by molar-refractivity contribution is 6.31. The van der Waals surface area contributed by atoms with Crippen LogP contribution >= 0.6 is 11.6 Å². The molecule has 2 amide bonds. The van der Waals surface area contributed by atoms with Crippen molar-refractivity contribution in [2.45, 2.75) is 31.8 Å². The molecule has 4 rings (SSSR count). The molecule has 1 aromatic carbocycles. The summed E-state index contributed by atoms with van der Waals surface area (Å²) in [5, 5.41) is 0.632. The van der Waals surface area contributed by atoms with Crippen LogP contribution in [-0.2, 0) is 16.0 Å². The largest absolute Gasteiger partial charge is 0.441 e. The average molecular weight is 377 g/mol. The zero-order valence-electron chi connectivity index (χ0n) is 14.6. The number of amides is 2. The Morgan fingerprint density at radius 1 is 1.38 bits per heavy atom.